The third kappa shape index (κ3) is 4.44. The lowest BCUT2D eigenvalue weighted by Crippen LogP contribution is -1.99. The highest BCUT2D eigenvalue weighted by atomic mass is 15.0. The molecular weight excluding hydrogens is 595 g/mol. The lowest BCUT2D eigenvalue weighted by Gasteiger charge is -2.16. The smallest absolute Gasteiger partial charge is 0.160 e. The molecule has 0 aliphatic heterocycles. The molecule has 0 spiro atoms. The molecule has 10 rings (SSSR count). The molecule has 0 amide bonds. The summed E-state index contributed by atoms with van der Waals surface area (Å²) >= 11 is 0. The number of hydrogen-bond acceptors (Lipinski definition) is 2. The van der Waals surface area contributed by atoms with Crippen molar-refractivity contribution < 1.29 is 0 Å². The molecule has 8 aromatic carbocycles. The quantitative estimate of drug-likeness (QED) is 0.195. The molecule has 0 aliphatic carbocycles. The van der Waals surface area contributed by atoms with Crippen LogP contribution in [0.4, 0.5) is 0 Å². The minimum absolute atomic E-state index is 0.718. The van der Waals surface area contributed by atoms with Crippen LogP contribution in [0, 0.1) is 0 Å². The Bertz CT molecular complexity index is 2870. The molecule has 0 radical (unpaired) electrons. The zero-order chi connectivity index (χ0) is 32.3. The number of fused-ring (bicyclic) bond motifs is 6. The topological polar surface area (TPSA) is 30.7 Å². The zero-order valence-corrected chi connectivity index (χ0v) is 26.6. The van der Waals surface area contributed by atoms with E-state index in [9.17, 15) is 0 Å². The highest BCUT2D eigenvalue weighted by Gasteiger charge is 2.19. The second-order valence-corrected chi connectivity index (χ2v) is 12.6. The fraction of sp³-hybridized carbons (Fsp3) is 0. The summed E-state index contributed by atoms with van der Waals surface area (Å²) in [6, 6.07) is 62.6. The molecule has 0 bridgehead atoms. The van der Waals surface area contributed by atoms with Gasteiger partial charge < -0.3 is 4.57 Å². The Hall–Kier alpha value is -6.58. The van der Waals surface area contributed by atoms with Crippen LogP contribution in [0.15, 0.2) is 176 Å². The van der Waals surface area contributed by atoms with E-state index in [1.54, 1.807) is 0 Å². The zero-order valence-electron chi connectivity index (χ0n) is 26.6. The van der Waals surface area contributed by atoms with Crippen LogP contribution < -0.4 is 0 Å². The third-order valence-electron chi connectivity index (χ3n) is 9.79. The van der Waals surface area contributed by atoms with Crippen molar-refractivity contribution in [2.24, 2.45) is 0 Å². The largest absolute Gasteiger partial charge is 0.309 e. The van der Waals surface area contributed by atoms with Crippen molar-refractivity contribution in [3.63, 3.8) is 0 Å². The van der Waals surface area contributed by atoms with Gasteiger partial charge in [-0.05, 0) is 57.6 Å². The molecule has 10 aromatic rings. The molecule has 228 valence electrons. The normalized spacial score (nSPS) is 11.7. The first-order chi connectivity index (χ1) is 24.3. The van der Waals surface area contributed by atoms with Crippen LogP contribution in [0.5, 0.6) is 0 Å². The van der Waals surface area contributed by atoms with Crippen LogP contribution in [-0.4, -0.2) is 14.5 Å². The summed E-state index contributed by atoms with van der Waals surface area (Å²) in [6.07, 6.45) is 0. The molecule has 0 N–H and O–H groups in total. The summed E-state index contributed by atoms with van der Waals surface area (Å²) in [7, 11) is 0. The summed E-state index contributed by atoms with van der Waals surface area (Å²) in [5.74, 6) is 0.718. The minimum Gasteiger partial charge on any atom is -0.309 e. The Kier molecular flexibility index (Phi) is 6.18. The van der Waals surface area contributed by atoms with Gasteiger partial charge in [-0.15, -0.1) is 0 Å². The summed E-state index contributed by atoms with van der Waals surface area (Å²) in [6.45, 7) is 0. The van der Waals surface area contributed by atoms with Gasteiger partial charge in [-0.1, -0.05) is 146 Å². The average Bonchev–Trinajstić information content (AvgIpc) is 3.49. The van der Waals surface area contributed by atoms with Gasteiger partial charge >= 0.3 is 0 Å². The van der Waals surface area contributed by atoms with Gasteiger partial charge in [-0.2, -0.15) is 0 Å². The standard InChI is InChI=1S/C46H29N3/c1-2-12-30(13-3-1)31-22-24-32(25-23-31)46-47-41-20-10-8-19-39(41)45(48-46)38-26-27-43(36-17-7-6-16-35(36)38)49-42-21-11-9-18-37(42)40-28-33-14-4-5-15-34(33)29-44(40)49/h1-29H. The third-order valence-corrected chi connectivity index (χ3v) is 9.79. The van der Waals surface area contributed by atoms with Crippen molar-refractivity contribution in [1.82, 2.24) is 14.5 Å². The van der Waals surface area contributed by atoms with Crippen LogP contribution in [-0.2, 0) is 0 Å². The molecule has 0 fully saturated rings. The molecule has 0 atom stereocenters. The first-order valence-corrected chi connectivity index (χ1v) is 16.7. The molecule has 0 unspecified atom stereocenters. The monoisotopic (exact) mass is 623 g/mol. The second-order valence-electron chi connectivity index (χ2n) is 12.6. The van der Waals surface area contributed by atoms with Gasteiger partial charge in [0.1, 0.15) is 0 Å². The van der Waals surface area contributed by atoms with Gasteiger partial charge in [0, 0.05) is 32.7 Å². The van der Waals surface area contributed by atoms with E-state index >= 15 is 0 Å². The van der Waals surface area contributed by atoms with E-state index in [0.29, 0.717) is 0 Å². The van der Waals surface area contributed by atoms with E-state index in [-0.39, 0.29) is 0 Å². The van der Waals surface area contributed by atoms with Gasteiger partial charge in [0.25, 0.3) is 0 Å². The van der Waals surface area contributed by atoms with Gasteiger partial charge in [-0.3, -0.25) is 0 Å². The number of benzene rings is 8. The van der Waals surface area contributed by atoms with Gasteiger partial charge in [0.2, 0.25) is 0 Å². The van der Waals surface area contributed by atoms with Crippen molar-refractivity contribution in [2.45, 2.75) is 0 Å². The molecule has 3 heteroatoms. The Balaban J connectivity index is 1.19. The van der Waals surface area contributed by atoms with Crippen LogP contribution in [0.3, 0.4) is 0 Å². The van der Waals surface area contributed by atoms with E-state index in [2.05, 4.69) is 174 Å². The molecule has 2 aromatic heterocycles. The predicted octanol–water partition coefficient (Wildman–Crippen LogP) is 12.0. The van der Waals surface area contributed by atoms with Crippen molar-refractivity contribution >= 4 is 54.3 Å². The fourth-order valence-corrected chi connectivity index (χ4v) is 7.45. The van der Waals surface area contributed by atoms with Gasteiger partial charge in [-0.25, -0.2) is 9.97 Å². The predicted molar refractivity (Wildman–Crippen MR) is 205 cm³/mol. The van der Waals surface area contributed by atoms with E-state index in [0.717, 1.165) is 44.6 Å². The lowest BCUT2D eigenvalue weighted by molar-refractivity contribution is 1.20. The lowest BCUT2D eigenvalue weighted by atomic mass is 9.97. The maximum absolute atomic E-state index is 5.30. The fourth-order valence-electron chi connectivity index (χ4n) is 7.45. The van der Waals surface area contributed by atoms with Crippen LogP contribution in [0.2, 0.25) is 0 Å². The Morgan fingerprint density at radius 1 is 0.367 bits per heavy atom. The molecule has 2 heterocycles. The highest BCUT2D eigenvalue weighted by Crippen LogP contribution is 2.40. The molecular formula is C46H29N3. The summed E-state index contributed by atoms with van der Waals surface area (Å²) in [5, 5.41) is 8.35. The van der Waals surface area contributed by atoms with E-state index in [4.69, 9.17) is 9.97 Å². The Morgan fingerprint density at radius 2 is 0.980 bits per heavy atom. The van der Waals surface area contributed by atoms with E-state index in [1.165, 1.54) is 49.1 Å². The van der Waals surface area contributed by atoms with E-state index < -0.39 is 0 Å². The Labute approximate surface area is 283 Å². The summed E-state index contributed by atoms with van der Waals surface area (Å²) < 4.78 is 2.43. The molecule has 49 heavy (non-hydrogen) atoms. The van der Waals surface area contributed by atoms with Gasteiger partial charge in [0.05, 0.1) is 27.9 Å². The summed E-state index contributed by atoms with van der Waals surface area (Å²) in [5.41, 5.74) is 9.85. The number of nitrogens with zero attached hydrogens (tertiary/aromatic N) is 3. The molecule has 0 saturated heterocycles. The van der Waals surface area contributed by atoms with Gasteiger partial charge in [0.15, 0.2) is 5.82 Å². The first kappa shape index (κ1) is 27.5. The molecule has 0 saturated carbocycles. The van der Waals surface area contributed by atoms with Crippen molar-refractivity contribution in [3.05, 3.63) is 176 Å². The van der Waals surface area contributed by atoms with Crippen LogP contribution in [0.25, 0.3) is 93.7 Å². The maximum Gasteiger partial charge on any atom is 0.160 e. The minimum atomic E-state index is 0.718. The SMILES string of the molecule is c1ccc(-c2ccc(-c3nc(-c4ccc(-n5c6ccccc6c6cc7ccccc7cc65)c5ccccc45)c4ccccc4n3)cc2)cc1. The van der Waals surface area contributed by atoms with Crippen LogP contribution in [0.1, 0.15) is 0 Å². The number of hydrogen-bond donors (Lipinski definition) is 0. The summed E-state index contributed by atoms with van der Waals surface area (Å²) in [4.78, 5) is 10.4. The number of aromatic nitrogens is 3. The average molecular weight is 624 g/mol. The first-order valence-electron chi connectivity index (χ1n) is 16.7. The van der Waals surface area contributed by atoms with Crippen molar-refractivity contribution in [1.29, 1.82) is 0 Å². The van der Waals surface area contributed by atoms with E-state index in [1.807, 2.05) is 6.07 Å². The van der Waals surface area contributed by atoms with Crippen molar-refractivity contribution in [3.8, 4) is 39.5 Å². The molecule has 3 nitrogen and oxygen atoms in total. The highest BCUT2D eigenvalue weighted by molar-refractivity contribution is 6.15. The van der Waals surface area contributed by atoms with Crippen LogP contribution >= 0.6 is 0 Å². The second kappa shape index (κ2) is 11.0. The Morgan fingerprint density at radius 3 is 1.80 bits per heavy atom. The van der Waals surface area contributed by atoms with Crippen molar-refractivity contribution in [2.75, 3.05) is 0 Å². The molecule has 0 aliphatic rings. The maximum atomic E-state index is 5.30. The number of para-hydroxylation sites is 2. The number of rotatable bonds is 4.